The summed E-state index contributed by atoms with van der Waals surface area (Å²) < 4.78 is 6.29. The summed E-state index contributed by atoms with van der Waals surface area (Å²) in [6.45, 7) is 5.99. The molecule has 0 spiro atoms. The molecule has 0 amide bonds. The zero-order chi connectivity index (χ0) is 10.2. The van der Waals surface area contributed by atoms with E-state index < -0.39 is 0 Å². The van der Waals surface area contributed by atoms with Crippen molar-refractivity contribution in [3.05, 3.63) is 15.8 Å². The lowest BCUT2D eigenvalue weighted by Gasteiger charge is -2.25. The molecule has 2 nitrogen and oxygen atoms in total. The van der Waals surface area contributed by atoms with Gasteiger partial charge in [-0.3, -0.25) is 0 Å². The quantitative estimate of drug-likeness (QED) is 0.844. The molecule has 1 fully saturated rings. The largest absolute Gasteiger partial charge is 0.379 e. The van der Waals surface area contributed by atoms with Crippen LogP contribution in [0.15, 0.2) is 11.4 Å². The molecule has 2 rings (SSSR count). The van der Waals surface area contributed by atoms with Gasteiger partial charge in [-0.2, -0.15) is 0 Å². The third kappa shape index (κ3) is 1.90. The highest BCUT2D eigenvalue weighted by Crippen LogP contribution is 2.34. The number of hydrogen-bond acceptors (Lipinski definition) is 3. The van der Waals surface area contributed by atoms with E-state index in [4.69, 9.17) is 16.3 Å². The molecule has 1 aliphatic rings. The standard InChI is InChI=1S/C10H14ClNOS/c1-10(2)6-13-5-8(10)12-7-3-4-14-9(7)11/h3-4,8,12H,5-6H2,1-2H3. The van der Waals surface area contributed by atoms with Crippen molar-refractivity contribution in [2.24, 2.45) is 5.41 Å². The van der Waals surface area contributed by atoms with Gasteiger partial charge in [0.2, 0.25) is 0 Å². The predicted molar refractivity (Wildman–Crippen MR) is 61.3 cm³/mol. The fourth-order valence-electron chi connectivity index (χ4n) is 1.59. The molecule has 1 aromatic rings. The van der Waals surface area contributed by atoms with Crippen LogP contribution in [0.2, 0.25) is 4.34 Å². The van der Waals surface area contributed by atoms with Gasteiger partial charge < -0.3 is 10.1 Å². The summed E-state index contributed by atoms with van der Waals surface area (Å²) in [7, 11) is 0. The van der Waals surface area contributed by atoms with Crippen molar-refractivity contribution in [3.63, 3.8) is 0 Å². The molecule has 2 heterocycles. The molecule has 1 N–H and O–H groups in total. The Hall–Kier alpha value is -0.250. The maximum Gasteiger partial charge on any atom is 0.116 e. The van der Waals surface area contributed by atoms with Gasteiger partial charge in [-0.05, 0) is 11.4 Å². The highest BCUT2D eigenvalue weighted by atomic mass is 35.5. The fourth-order valence-corrected chi connectivity index (χ4v) is 2.44. The summed E-state index contributed by atoms with van der Waals surface area (Å²) in [5, 5.41) is 5.43. The van der Waals surface area contributed by atoms with Gasteiger partial charge in [0.05, 0.1) is 24.9 Å². The van der Waals surface area contributed by atoms with Crippen molar-refractivity contribution in [2.75, 3.05) is 18.5 Å². The van der Waals surface area contributed by atoms with E-state index in [-0.39, 0.29) is 5.41 Å². The molecule has 14 heavy (non-hydrogen) atoms. The number of nitrogens with one attached hydrogen (secondary N) is 1. The number of thiophene rings is 1. The number of halogens is 1. The van der Waals surface area contributed by atoms with Crippen LogP contribution in [0.1, 0.15) is 13.8 Å². The number of hydrogen-bond donors (Lipinski definition) is 1. The highest BCUT2D eigenvalue weighted by Gasteiger charge is 2.35. The van der Waals surface area contributed by atoms with E-state index in [1.807, 2.05) is 11.4 Å². The molecule has 1 aliphatic heterocycles. The lowest BCUT2D eigenvalue weighted by molar-refractivity contribution is 0.167. The van der Waals surface area contributed by atoms with Crippen LogP contribution >= 0.6 is 22.9 Å². The van der Waals surface area contributed by atoms with Crippen LogP contribution in [0, 0.1) is 5.41 Å². The molecule has 0 saturated carbocycles. The molecular weight excluding hydrogens is 218 g/mol. The normalized spacial score (nSPS) is 25.2. The minimum absolute atomic E-state index is 0.186. The minimum atomic E-state index is 0.186. The molecule has 0 bridgehead atoms. The van der Waals surface area contributed by atoms with Crippen LogP contribution in [-0.4, -0.2) is 19.3 Å². The van der Waals surface area contributed by atoms with E-state index in [9.17, 15) is 0 Å². The molecule has 1 unspecified atom stereocenters. The van der Waals surface area contributed by atoms with E-state index in [0.29, 0.717) is 6.04 Å². The summed E-state index contributed by atoms with van der Waals surface area (Å²) in [6.07, 6.45) is 0. The summed E-state index contributed by atoms with van der Waals surface area (Å²) >= 11 is 7.58. The third-order valence-electron chi connectivity index (χ3n) is 2.65. The smallest absolute Gasteiger partial charge is 0.116 e. The van der Waals surface area contributed by atoms with E-state index in [0.717, 1.165) is 23.2 Å². The van der Waals surface area contributed by atoms with Crippen molar-refractivity contribution < 1.29 is 4.74 Å². The molecule has 1 aromatic heterocycles. The SMILES string of the molecule is CC1(C)COCC1Nc1ccsc1Cl. The predicted octanol–water partition coefficient (Wildman–Crippen LogP) is 3.24. The van der Waals surface area contributed by atoms with Crippen molar-refractivity contribution in [1.82, 2.24) is 0 Å². The molecule has 1 saturated heterocycles. The Balaban J connectivity index is 2.08. The Bertz CT molecular complexity index is 324. The summed E-state index contributed by atoms with van der Waals surface area (Å²) in [5.74, 6) is 0. The zero-order valence-corrected chi connectivity index (χ0v) is 9.91. The Morgan fingerprint density at radius 2 is 2.43 bits per heavy atom. The van der Waals surface area contributed by atoms with Crippen LogP contribution in [0.5, 0.6) is 0 Å². The summed E-state index contributed by atoms with van der Waals surface area (Å²) in [4.78, 5) is 0. The molecule has 0 aromatic carbocycles. The topological polar surface area (TPSA) is 21.3 Å². The second-order valence-electron chi connectivity index (χ2n) is 4.31. The van der Waals surface area contributed by atoms with Crippen LogP contribution in [-0.2, 0) is 4.74 Å². The first-order chi connectivity index (χ1) is 6.59. The average molecular weight is 232 g/mol. The van der Waals surface area contributed by atoms with Crippen molar-refractivity contribution in [1.29, 1.82) is 0 Å². The lowest BCUT2D eigenvalue weighted by atomic mass is 9.88. The lowest BCUT2D eigenvalue weighted by Crippen LogP contribution is -2.34. The van der Waals surface area contributed by atoms with Gasteiger partial charge in [0.25, 0.3) is 0 Å². The first-order valence-corrected chi connectivity index (χ1v) is 5.92. The second kappa shape index (κ2) is 3.72. The minimum Gasteiger partial charge on any atom is -0.379 e. The number of rotatable bonds is 2. The van der Waals surface area contributed by atoms with Crippen LogP contribution < -0.4 is 5.32 Å². The summed E-state index contributed by atoms with van der Waals surface area (Å²) in [6, 6.07) is 2.37. The van der Waals surface area contributed by atoms with Gasteiger partial charge >= 0.3 is 0 Å². The molecule has 0 radical (unpaired) electrons. The van der Waals surface area contributed by atoms with E-state index in [1.54, 1.807) is 11.3 Å². The van der Waals surface area contributed by atoms with E-state index in [1.165, 1.54) is 0 Å². The highest BCUT2D eigenvalue weighted by molar-refractivity contribution is 7.15. The first kappa shape index (κ1) is 10.3. The fraction of sp³-hybridized carbons (Fsp3) is 0.600. The van der Waals surface area contributed by atoms with Gasteiger partial charge in [0, 0.05) is 5.41 Å². The molecule has 0 aliphatic carbocycles. The van der Waals surface area contributed by atoms with Gasteiger partial charge in [-0.25, -0.2) is 0 Å². The number of ether oxygens (including phenoxy) is 1. The van der Waals surface area contributed by atoms with E-state index >= 15 is 0 Å². The Morgan fingerprint density at radius 1 is 1.64 bits per heavy atom. The van der Waals surface area contributed by atoms with Crippen LogP contribution in [0.3, 0.4) is 0 Å². The van der Waals surface area contributed by atoms with Crippen molar-refractivity contribution in [3.8, 4) is 0 Å². The summed E-state index contributed by atoms with van der Waals surface area (Å²) in [5.41, 5.74) is 1.21. The third-order valence-corrected chi connectivity index (χ3v) is 3.82. The van der Waals surface area contributed by atoms with E-state index in [2.05, 4.69) is 19.2 Å². The maximum atomic E-state index is 6.03. The monoisotopic (exact) mass is 231 g/mol. The average Bonchev–Trinajstić information content (AvgIpc) is 2.62. The Kier molecular flexibility index (Phi) is 2.73. The Labute approximate surface area is 93.2 Å². The first-order valence-electron chi connectivity index (χ1n) is 4.67. The zero-order valence-electron chi connectivity index (χ0n) is 8.34. The van der Waals surface area contributed by atoms with Crippen LogP contribution in [0.4, 0.5) is 5.69 Å². The van der Waals surface area contributed by atoms with Gasteiger partial charge in [0.1, 0.15) is 4.34 Å². The van der Waals surface area contributed by atoms with Gasteiger partial charge in [0.15, 0.2) is 0 Å². The number of anilines is 1. The maximum absolute atomic E-state index is 6.03. The molecule has 4 heteroatoms. The second-order valence-corrected chi connectivity index (χ2v) is 5.83. The van der Waals surface area contributed by atoms with Crippen LogP contribution in [0.25, 0.3) is 0 Å². The molecule has 1 atom stereocenters. The van der Waals surface area contributed by atoms with Crippen molar-refractivity contribution in [2.45, 2.75) is 19.9 Å². The van der Waals surface area contributed by atoms with Gasteiger partial charge in [-0.15, -0.1) is 11.3 Å². The Morgan fingerprint density at radius 3 is 2.93 bits per heavy atom. The van der Waals surface area contributed by atoms with Crippen molar-refractivity contribution >= 4 is 28.6 Å². The molecular formula is C10H14ClNOS. The molecule has 78 valence electrons. The van der Waals surface area contributed by atoms with Gasteiger partial charge in [-0.1, -0.05) is 25.4 Å².